The maximum absolute atomic E-state index is 12.1. The van der Waals surface area contributed by atoms with Gasteiger partial charge in [0.05, 0.1) is 17.0 Å². The van der Waals surface area contributed by atoms with Crippen molar-refractivity contribution in [3.8, 4) is 0 Å². The second-order valence-corrected chi connectivity index (χ2v) is 6.55. The molecule has 0 bridgehead atoms. The quantitative estimate of drug-likeness (QED) is 0.445. The van der Waals surface area contributed by atoms with E-state index in [9.17, 15) is 9.59 Å². The van der Waals surface area contributed by atoms with Gasteiger partial charge in [0, 0.05) is 28.1 Å². The van der Waals surface area contributed by atoms with Crippen LogP contribution in [0, 0.1) is 0 Å². The zero-order valence-corrected chi connectivity index (χ0v) is 15.3. The van der Waals surface area contributed by atoms with Crippen molar-refractivity contribution < 1.29 is 14.3 Å². The molecule has 6 heteroatoms. The molecule has 1 heterocycles. The van der Waals surface area contributed by atoms with Crippen LogP contribution in [-0.4, -0.2) is 23.3 Å². The van der Waals surface area contributed by atoms with E-state index < -0.39 is 5.97 Å². The third-order valence-electron chi connectivity index (χ3n) is 3.84. The summed E-state index contributed by atoms with van der Waals surface area (Å²) in [4.78, 5) is 28.5. The number of ether oxygens (including phenoxy) is 1. The molecule has 0 saturated carbocycles. The lowest BCUT2D eigenvalue weighted by Crippen LogP contribution is -2.15. The Morgan fingerprint density at radius 3 is 2.62 bits per heavy atom. The van der Waals surface area contributed by atoms with Crippen molar-refractivity contribution >= 4 is 45.9 Å². The van der Waals surface area contributed by atoms with Crippen LogP contribution >= 0.6 is 23.2 Å². The van der Waals surface area contributed by atoms with Crippen molar-refractivity contribution in [1.29, 1.82) is 0 Å². The third kappa shape index (κ3) is 4.59. The average molecular weight is 388 g/mol. The number of Topliss-reactive ketones (excluding diaryl/α,β-unsaturated/α-hetero) is 1. The zero-order chi connectivity index (χ0) is 18.5. The summed E-state index contributed by atoms with van der Waals surface area (Å²) in [5, 5.41) is 1.72. The van der Waals surface area contributed by atoms with E-state index in [2.05, 4.69) is 4.98 Å². The van der Waals surface area contributed by atoms with Crippen molar-refractivity contribution in [2.45, 2.75) is 12.8 Å². The summed E-state index contributed by atoms with van der Waals surface area (Å²) >= 11 is 11.8. The minimum atomic E-state index is -0.460. The molecule has 0 spiro atoms. The van der Waals surface area contributed by atoms with E-state index in [4.69, 9.17) is 27.9 Å². The van der Waals surface area contributed by atoms with Gasteiger partial charge in [-0.2, -0.15) is 0 Å². The normalized spacial score (nSPS) is 10.7. The number of hydrogen-bond donors (Lipinski definition) is 0. The van der Waals surface area contributed by atoms with Crippen molar-refractivity contribution in [1.82, 2.24) is 4.98 Å². The van der Waals surface area contributed by atoms with Crippen molar-refractivity contribution in [2.24, 2.45) is 0 Å². The van der Waals surface area contributed by atoms with Crippen LogP contribution < -0.4 is 0 Å². The SMILES string of the molecule is O=C(CCc1ccc2ccccc2n1)OCC(=O)c1ccc(Cl)cc1Cl. The monoisotopic (exact) mass is 387 g/mol. The first-order valence-electron chi connectivity index (χ1n) is 8.01. The number of para-hydroxylation sites is 1. The third-order valence-corrected chi connectivity index (χ3v) is 4.38. The van der Waals surface area contributed by atoms with Gasteiger partial charge >= 0.3 is 5.97 Å². The molecule has 0 amide bonds. The molecule has 132 valence electrons. The van der Waals surface area contributed by atoms with Crippen LogP contribution in [0.5, 0.6) is 0 Å². The van der Waals surface area contributed by atoms with Gasteiger partial charge in [-0.05, 0) is 30.3 Å². The lowest BCUT2D eigenvalue weighted by atomic mass is 10.1. The summed E-state index contributed by atoms with van der Waals surface area (Å²) < 4.78 is 5.04. The summed E-state index contributed by atoms with van der Waals surface area (Å²) in [6, 6.07) is 16.2. The largest absolute Gasteiger partial charge is 0.457 e. The van der Waals surface area contributed by atoms with Crippen LogP contribution in [0.15, 0.2) is 54.6 Å². The standard InChI is InChI=1S/C20H15Cl2NO3/c21-14-6-9-16(17(22)11-14)19(24)12-26-20(25)10-8-15-7-5-13-3-1-2-4-18(13)23-15/h1-7,9,11H,8,10,12H2. The zero-order valence-electron chi connectivity index (χ0n) is 13.7. The Kier molecular flexibility index (Phi) is 5.86. The van der Waals surface area contributed by atoms with Gasteiger partial charge in [-0.3, -0.25) is 14.6 Å². The second kappa shape index (κ2) is 8.30. The molecule has 0 aliphatic rings. The molecule has 0 radical (unpaired) electrons. The lowest BCUT2D eigenvalue weighted by Gasteiger charge is -2.06. The first-order valence-corrected chi connectivity index (χ1v) is 8.77. The van der Waals surface area contributed by atoms with E-state index in [1.165, 1.54) is 12.1 Å². The highest BCUT2D eigenvalue weighted by Gasteiger charge is 2.14. The molecule has 0 aliphatic heterocycles. The highest BCUT2D eigenvalue weighted by Crippen LogP contribution is 2.21. The van der Waals surface area contributed by atoms with Crippen LogP contribution in [-0.2, 0) is 16.0 Å². The van der Waals surface area contributed by atoms with Gasteiger partial charge in [0.15, 0.2) is 6.61 Å². The Morgan fingerprint density at radius 1 is 1.00 bits per heavy atom. The fourth-order valence-corrected chi connectivity index (χ4v) is 3.00. The van der Waals surface area contributed by atoms with Crippen LogP contribution in [0.4, 0.5) is 0 Å². The van der Waals surface area contributed by atoms with E-state index in [0.717, 1.165) is 16.6 Å². The molecule has 0 aliphatic carbocycles. The summed E-state index contributed by atoms with van der Waals surface area (Å²) in [7, 11) is 0. The molecule has 0 fully saturated rings. The number of aryl methyl sites for hydroxylation is 1. The predicted octanol–water partition coefficient (Wildman–Crippen LogP) is 4.90. The van der Waals surface area contributed by atoms with Crippen LogP contribution in [0.1, 0.15) is 22.5 Å². The number of halogens is 2. The Balaban J connectivity index is 1.52. The van der Waals surface area contributed by atoms with Crippen molar-refractivity contribution in [3.63, 3.8) is 0 Å². The lowest BCUT2D eigenvalue weighted by molar-refractivity contribution is -0.142. The molecular formula is C20H15Cl2NO3. The Bertz CT molecular complexity index is 972. The van der Waals surface area contributed by atoms with Crippen molar-refractivity contribution in [3.05, 3.63) is 75.9 Å². The Morgan fingerprint density at radius 2 is 1.81 bits per heavy atom. The fourth-order valence-electron chi connectivity index (χ4n) is 2.49. The predicted molar refractivity (Wildman–Crippen MR) is 102 cm³/mol. The van der Waals surface area contributed by atoms with Gasteiger partial charge in [0.1, 0.15) is 0 Å². The van der Waals surface area contributed by atoms with Gasteiger partial charge in [-0.25, -0.2) is 0 Å². The summed E-state index contributed by atoms with van der Waals surface area (Å²) in [5.41, 5.74) is 1.96. The molecule has 0 N–H and O–H groups in total. The number of hydrogen-bond acceptors (Lipinski definition) is 4. The van der Waals surface area contributed by atoms with E-state index in [0.29, 0.717) is 11.4 Å². The number of carbonyl (C=O) groups is 2. The average Bonchev–Trinajstić information content (AvgIpc) is 2.64. The molecule has 0 atom stereocenters. The highest BCUT2D eigenvalue weighted by molar-refractivity contribution is 6.36. The molecule has 1 aromatic heterocycles. The number of esters is 1. The Hall–Kier alpha value is -2.43. The first-order chi connectivity index (χ1) is 12.5. The number of rotatable bonds is 6. The molecule has 0 unspecified atom stereocenters. The number of aromatic nitrogens is 1. The van der Waals surface area contributed by atoms with E-state index in [1.807, 2.05) is 36.4 Å². The number of carbonyl (C=O) groups excluding carboxylic acids is 2. The summed E-state index contributed by atoms with van der Waals surface area (Å²) in [6.07, 6.45) is 0.590. The van der Waals surface area contributed by atoms with Gasteiger partial charge in [-0.1, -0.05) is 47.5 Å². The maximum Gasteiger partial charge on any atom is 0.306 e. The summed E-state index contributed by atoms with van der Waals surface area (Å²) in [5.74, 6) is -0.831. The molecule has 26 heavy (non-hydrogen) atoms. The van der Waals surface area contributed by atoms with Crippen molar-refractivity contribution in [2.75, 3.05) is 6.61 Å². The number of pyridine rings is 1. The highest BCUT2D eigenvalue weighted by atomic mass is 35.5. The summed E-state index contributed by atoms with van der Waals surface area (Å²) in [6.45, 7) is -0.356. The molecule has 4 nitrogen and oxygen atoms in total. The number of ketones is 1. The fraction of sp³-hybridized carbons (Fsp3) is 0.150. The molecule has 3 rings (SSSR count). The minimum absolute atomic E-state index is 0.146. The van der Waals surface area contributed by atoms with Gasteiger partial charge in [0.2, 0.25) is 5.78 Å². The maximum atomic E-state index is 12.1. The Labute approximate surface area is 160 Å². The minimum Gasteiger partial charge on any atom is -0.457 e. The first kappa shape index (κ1) is 18.4. The topological polar surface area (TPSA) is 56.3 Å². The molecular weight excluding hydrogens is 373 g/mol. The van der Waals surface area contributed by atoms with Crippen LogP contribution in [0.25, 0.3) is 10.9 Å². The number of fused-ring (bicyclic) bond motifs is 1. The van der Waals surface area contributed by atoms with E-state index in [1.54, 1.807) is 6.07 Å². The molecule has 3 aromatic rings. The second-order valence-electron chi connectivity index (χ2n) is 5.70. The van der Waals surface area contributed by atoms with Gasteiger partial charge in [-0.15, -0.1) is 0 Å². The van der Waals surface area contributed by atoms with Crippen LogP contribution in [0.2, 0.25) is 10.0 Å². The smallest absolute Gasteiger partial charge is 0.306 e. The van der Waals surface area contributed by atoms with E-state index in [-0.39, 0.29) is 29.4 Å². The van der Waals surface area contributed by atoms with Gasteiger partial charge < -0.3 is 4.74 Å². The van der Waals surface area contributed by atoms with Gasteiger partial charge in [0.25, 0.3) is 0 Å². The number of benzene rings is 2. The van der Waals surface area contributed by atoms with Crippen LogP contribution in [0.3, 0.4) is 0 Å². The molecule has 0 saturated heterocycles. The van der Waals surface area contributed by atoms with E-state index >= 15 is 0 Å². The number of nitrogens with zero attached hydrogens (tertiary/aromatic N) is 1. The molecule has 2 aromatic carbocycles.